The van der Waals surface area contributed by atoms with E-state index < -0.39 is 0 Å². The molecule has 0 atom stereocenters. The minimum atomic E-state index is -0.256. The average molecular weight is 378 g/mol. The summed E-state index contributed by atoms with van der Waals surface area (Å²) in [6, 6.07) is 16.1. The van der Waals surface area contributed by atoms with Crippen molar-refractivity contribution in [1.82, 2.24) is 5.43 Å². The van der Waals surface area contributed by atoms with Gasteiger partial charge in [0.15, 0.2) is 0 Å². The Morgan fingerprint density at radius 2 is 1.77 bits per heavy atom. The number of hydrogen-bond acceptors (Lipinski definition) is 4. The SMILES string of the molecule is Br.Fc1ccc(/C=N/C2=NNC(c3ccccc3)=CS2)cc1. The number of thioether (sulfide) groups is 1. The van der Waals surface area contributed by atoms with E-state index in [0.717, 1.165) is 16.8 Å². The first-order valence-electron chi connectivity index (χ1n) is 6.37. The van der Waals surface area contributed by atoms with Crippen LogP contribution in [-0.2, 0) is 0 Å². The largest absolute Gasteiger partial charge is 0.275 e. The Bertz CT molecular complexity index is 712. The number of hydrogen-bond donors (Lipinski definition) is 1. The van der Waals surface area contributed by atoms with E-state index >= 15 is 0 Å². The first kappa shape index (κ1) is 16.5. The molecule has 112 valence electrons. The summed E-state index contributed by atoms with van der Waals surface area (Å²) in [7, 11) is 0. The van der Waals surface area contributed by atoms with Gasteiger partial charge in [-0.05, 0) is 17.7 Å². The molecular weight excluding hydrogens is 365 g/mol. The number of rotatable bonds is 2. The standard InChI is InChI=1S/C16H12FN3S.BrH/c17-14-8-6-12(7-9-14)10-18-16-20-19-15(11-21-16)13-4-2-1-3-5-13;/h1-11,19H;1H/b18-10+;. The smallest absolute Gasteiger partial charge is 0.210 e. The molecule has 3 nitrogen and oxygen atoms in total. The normalized spacial score (nSPS) is 13.9. The van der Waals surface area contributed by atoms with Crippen LogP contribution in [0.3, 0.4) is 0 Å². The van der Waals surface area contributed by atoms with Gasteiger partial charge in [0, 0.05) is 17.2 Å². The summed E-state index contributed by atoms with van der Waals surface area (Å²) < 4.78 is 12.8. The Kier molecular flexibility index (Phi) is 5.91. The summed E-state index contributed by atoms with van der Waals surface area (Å²) in [5.74, 6) is -0.256. The van der Waals surface area contributed by atoms with Crippen molar-refractivity contribution in [3.63, 3.8) is 0 Å². The second-order valence-corrected chi connectivity index (χ2v) is 5.17. The number of nitrogens with one attached hydrogen (secondary N) is 1. The van der Waals surface area contributed by atoms with Gasteiger partial charge in [-0.15, -0.1) is 22.1 Å². The van der Waals surface area contributed by atoms with E-state index in [1.165, 1.54) is 23.9 Å². The summed E-state index contributed by atoms with van der Waals surface area (Å²) in [5.41, 5.74) is 5.84. The zero-order valence-electron chi connectivity index (χ0n) is 11.4. The Balaban J connectivity index is 0.00000176. The van der Waals surface area contributed by atoms with Gasteiger partial charge >= 0.3 is 0 Å². The van der Waals surface area contributed by atoms with Crippen LogP contribution in [0.25, 0.3) is 5.70 Å². The molecule has 0 fully saturated rings. The zero-order valence-corrected chi connectivity index (χ0v) is 14.0. The third kappa shape index (κ3) is 4.29. The molecule has 3 rings (SSSR count). The van der Waals surface area contributed by atoms with Crippen molar-refractivity contribution in [1.29, 1.82) is 0 Å². The molecule has 22 heavy (non-hydrogen) atoms. The number of halogens is 2. The molecule has 1 heterocycles. The van der Waals surface area contributed by atoms with E-state index in [-0.39, 0.29) is 22.8 Å². The van der Waals surface area contributed by atoms with Gasteiger partial charge in [0.25, 0.3) is 0 Å². The molecule has 1 aliphatic rings. The summed E-state index contributed by atoms with van der Waals surface area (Å²) in [4.78, 5) is 4.27. The van der Waals surface area contributed by atoms with E-state index in [1.807, 2.05) is 35.7 Å². The summed E-state index contributed by atoms with van der Waals surface area (Å²) in [6.45, 7) is 0. The second kappa shape index (κ2) is 7.91. The molecule has 0 aromatic heterocycles. The first-order chi connectivity index (χ1) is 10.3. The molecule has 6 heteroatoms. The Morgan fingerprint density at radius 3 is 2.41 bits per heavy atom. The maximum absolute atomic E-state index is 12.8. The molecule has 1 N–H and O–H groups in total. The van der Waals surface area contributed by atoms with E-state index in [0.29, 0.717) is 5.17 Å². The Morgan fingerprint density at radius 1 is 1.05 bits per heavy atom. The monoisotopic (exact) mass is 377 g/mol. The van der Waals surface area contributed by atoms with Crippen LogP contribution in [0.5, 0.6) is 0 Å². The maximum Gasteiger partial charge on any atom is 0.210 e. The highest BCUT2D eigenvalue weighted by atomic mass is 79.9. The van der Waals surface area contributed by atoms with Gasteiger partial charge in [-0.2, -0.15) is 0 Å². The average Bonchev–Trinajstić information content (AvgIpc) is 2.56. The lowest BCUT2D eigenvalue weighted by molar-refractivity contribution is 0.628. The zero-order chi connectivity index (χ0) is 14.5. The third-order valence-corrected chi connectivity index (χ3v) is 3.59. The van der Waals surface area contributed by atoms with Crippen LogP contribution in [0.15, 0.2) is 70.1 Å². The quantitative estimate of drug-likeness (QED) is 0.785. The number of nitrogens with zero attached hydrogens (tertiary/aromatic N) is 2. The van der Waals surface area contributed by atoms with Crippen LogP contribution in [-0.4, -0.2) is 11.4 Å². The van der Waals surface area contributed by atoms with E-state index in [2.05, 4.69) is 15.5 Å². The number of hydrazone groups is 1. The lowest BCUT2D eigenvalue weighted by atomic mass is 10.2. The predicted octanol–water partition coefficient (Wildman–Crippen LogP) is 4.43. The molecule has 1 aliphatic heterocycles. The minimum Gasteiger partial charge on any atom is -0.275 e. The third-order valence-electron chi connectivity index (χ3n) is 2.83. The highest BCUT2D eigenvalue weighted by Gasteiger charge is 2.07. The number of benzene rings is 2. The van der Waals surface area contributed by atoms with E-state index in [1.54, 1.807) is 18.3 Å². The highest BCUT2D eigenvalue weighted by molar-refractivity contribution is 8.93. The Labute approximate surface area is 142 Å². The number of amidine groups is 1. The van der Waals surface area contributed by atoms with Crippen molar-refractivity contribution in [2.75, 3.05) is 0 Å². The van der Waals surface area contributed by atoms with Crippen LogP contribution in [0.1, 0.15) is 11.1 Å². The van der Waals surface area contributed by atoms with Crippen LogP contribution in [0.4, 0.5) is 4.39 Å². The predicted molar refractivity (Wildman–Crippen MR) is 96.9 cm³/mol. The van der Waals surface area contributed by atoms with Crippen LogP contribution >= 0.6 is 28.7 Å². The van der Waals surface area contributed by atoms with Crippen molar-refractivity contribution in [3.8, 4) is 0 Å². The molecular formula is C16H13BrFN3S. The van der Waals surface area contributed by atoms with Crippen LogP contribution in [0.2, 0.25) is 0 Å². The van der Waals surface area contributed by atoms with Gasteiger partial charge in [-0.25, -0.2) is 9.38 Å². The maximum atomic E-state index is 12.8. The van der Waals surface area contributed by atoms with E-state index in [4.69, 9.17) is 0 Å². The second-order valence-electron chi connectivity index (χ2n) is 4.33. The fourth-order valence-corrected chi connectivity index (χ4v) is 2.38. The van der Waals surface area contributed by atoms with Crippen molar-refractivity contribution >= 4 is 45.8 Å². The van der Waals surface area contributed by atoms with Crippen LogP contribution < -0.4 is 5.43 Å². The molecule has 0 amide bonds. The lowest BCUT2D eigenvalue weighted by Crippen LogP contribution is -2.10. The molecule has 0 unspecified atom stereocenters. The van der Waals surface area contributed by atoms with Crippen molar-refractivity contribution in [2.45, 2.75) is 0 Å². The van der Waals surface area contributed by atoms with Gasteiger partial charge in [0.1, 0.15) is 5.82 Å². The van der Waals surface area contributed by atoms with E-state index in [9.17, 15) is 4.39 Å². The highest BCUT2D eigenvalue weighted by Crippen LogP contribution is 2.21. The fourth-order valence-electron chi connectivity index (χ4n) is 1.76. The van der Waals surface area contributed by atoms with Gasteiger partial charge in [0.05, 0.1) is 5.70 Å². The van der Waals surface area contributed by atoms with Gasteiger partial charge in [0.2, 0.25) is 5.17 Å². The first-order valence-corrected chi connectivity index (χ1v) is 7.25. The molecule has 0 saturated carbocycles. The summed E-state index contributed by atoms with van der Waals surface area (Å²) in [6.07, 6.45) is 1.66. The molecule has 0 bridgehead atoms. The summed E-state index contributed by atoms with van der Waals surface area (Å²) >= 11 is 1.44. The van der Waals surface area contributed by atoms with Crippen LogP contribution in [0, 0.1) is 5.82 Å². The lowest BCUT2D eigenvalue weighted by Gasteiger charge is -2.11. The molecule has 2 aromatic rings. The molecule has 2 aromatic carbocycles. The summed E-state index contributed by atoms with van der Waals surface area (Å²) in [5, 5.41) is 6.79. The molecule has 0 saturated heterocycles. The topological polar surface area (TPSA) is 36.8 Å². The van der Waals surface area contributed by atoms with Gasteiger partial charge in [-0.1, -0.05) is 54.2 Å². The van der Waals surface area contributed by atoms with Crippen molar-refractivity contribution in [2.24, 2.45) is 10.1 Å². The molecule has 0 spiro atoms. The van der Waals surface area contributed by atoms with Gasteiger partial charge < -0.3 is 0 Å². The Hall–Kier alpha value is -1.92. The fraction of sp³-hybridized carbons (Fsp3) is 0. The minimum absolute atomic E-state index is 0. The number of aliphatic imine (C=N–C) groups is 1. The molecule has 0 radical (unpaired) electrons. The molecule has 0 aliphatic carbocycles. The van der Waals surface area contributed by atoms with Crippen molar-refractivity contribution < 1.29 is 4.39 Å². The van der Waals surface area contributed by atoms with Gasteiger partial charge in [-0.3, -0.25) is 5.43 Å². The van der Waals surface area contributed by atoms with Crippen molar-refractivity contribution in [3.05, 3.63) is 76.9 Å².